The molecule has 0 saturated carbocycles. The first kappa shape index (κ1) is 12.1. The number of hydrogen-bond donors (Lipinski definition) is 2. The second kappa shape index (κ2) is 4.70. The summed E-state index contributed by atoms with van der Waals surface area (Å²) in [6.07, 6.45) is -0.504. The average molecular weight is 222 g/mol. The van der Waals surface area contributed by atoms with Gasteiger partial charge in [0, 0.05) is 5.57 Å². The minimum Gasteiger partial charge on any atom is -0.504 e. The first-order valence-corrected chi connectivity index (χ1v) is 4.80. The third-order valence-electron chi connectivity index (χ3n) is 2.10. The Bertz CT molecular complexity index is 423. The van der Waals surface area contributed by atoms with E-state index in [-0.39, 0.29) is 11.5 Å². The number of aromatic hydroxyl groups is 2. The summed E-state index contributed by atoms with van der Waals surface area (Å²) in [6, 6.07) is 4.27. The van der Waals surface area contributed by atoms with Crippen molar-refractivity contribution in [3.63, 3.8) is 0 Å². The Balaban J connectivity index is 2.81. The van der Waals surface area contributed by atoms with Gasteiger partial charge < -0.3 is 14.9 Å². The lowest BCUT2D eigenvalue weighted by molar-refractivity contribution is -0.143. The number of phenols is 2. The number of carbonyl (C=O) groups excluding carboxylic acids is 1. The van der Waals surface area contributed by atoms with E-state index >= 15 is 0 Å². The van der Waals surface area contributed by atoms with Crippen molar-refractivity contribution in [3.05, 3.63) is 35.9 Å². The van der Waals surface area contributed by atoms with E-state index in [2.05, 4.69) is 6.58 Å². The predicted octanol–water partition coefficient (Wildman–Crippen LogP) is 2.28. The highest BCUT2D eigenvalue weighted by atomic mass is 16.5. The van der Waals surface area contributed by atoms with E-state index in [9.17, 15) is 9.90 Å². The van der Waals surface area contributed by atoms with Gasteiger partial charge in [-0.15, -0.1) is 0 Å². The highest BCUT2D eigenvalue weighted by Crippen LogP contribution is 2.29. The molecule has 0 aliphatic carbocycles. The highest BCUT2D eigenvalue weighted by molar-refractivity contribution is 5.87. The maximum Gasteiger partial charge on any atom is 0.333 e. The molecule has 2 N–H and O–H groups in total. The normalized spacial score (nSPS) is 11.9. The van der Waals surface area contributed by atoms with Crippen molar-refractivity contribution in [2.24, 2.45) is 0 Å². The Morgan fingerprint density at radius 2 is 2.00 bits per heavy atom. The zero-order valence-electron chi connectivity index (χ0n) is 9.23. The van der Waals surface area contributed by atoms with Crippen molar-refractivity contribution in [2.45, 2.75) is 20.0 Å². The molecule has 1 rings (SSSR count). The quantitative estimate of drug-likeness (QED) is 0.467. The molecule has 0 heterocycles. The summed E-state index contributed by atoms with van der Waals surface area (Å²) in [5, 5.41) is 18.4. The lowest BCUT2D eigenvalue weighted by Gasteiger charge is -2.14. The fraction of sp³-hybridized carbons (Fsp3) is 0.250. The fourth-order valence-corrected chi connectivity index (χ4v) is 1.12. The van der Waals surface area contributed by atoms with Gasteiger partial charge in [-0.1, -0.05) is 12.6 Å². The number of esters is 1. The molecule has 0 spiro atoms. The number of hydrogen-bond acceptors (Lipinski definition) is 4. The number of benzene rings is 1. The van der Waals surface area contributed by atoms with Gasteiger partial charge in [0.25, 0.3) is 0 Å². The Hall–Kier alpha value is -1.97. The van der Waals surface area contributed by atoms with Crippen LogP contribution in [0.5, 0.6) is 11.5 Å². The molecule has 1 aromatic carbocycles. The van der Waals surface area contributed by atoms with Crippen LogP contribution >= 0.6 is 0 Å². The van der Waals surface area contributed by atoms with Crippen LogP contribution in [0.1, 0.15) is 25.5 Å². The van der Waals surface area contributed by atoms with E-state index in [1.165, 1.54) is 12.1 Å². The van der Waals surface area contributed by atoms with E-state index < -0.39 is 12.1 Å². The standard InChI is InChI=1S/C12H14O4/c1-7(2)12(15)16-8(3)9-4-5-10(13)11(14)6-9/h4-6,8,13-14H,1H2,2-3H3. The zero-order chi connectivity index (χ0) is 12.3. The number of phenolic OH excluding ortho intramolecular Hbond substituents is 2. The van der Waals surface area contributed by atoms with Crippen LogP contribution < -0.4 is 0 Å². The van der Waals surface area contributed by atoms with E-state index in [0.717, 1.165) is 0 Å². The van der Waals surface area contributed by atoms with E-state index in [1.807, 2.05) is 0 Å². The maximum absolute atomic E-state index is 11.2. The smallest absolute Gasteiger partial charge is 0.333 e. The zero-order valence-corrected chi connectivity index (χ0v) is 9.23. The van der Waals surface area contributed by atoms with Gasteiger partial charge in [-0.2, -0.15) is 0 Å². The van der Waals surface area contributed by atoms with Crippen LogP contribution in [-0.4, -0.2) is 16.2 Å². The summed E-state index contributed by atoms with van der Waals surface area (Å²) >= 11 is 0. The molecule has 0 aliphatic rings. The molecule has 4 heteroatoms. The van der Waals surface area contributed by atoms with Crippen molar-refractivity contribution < 1.29 is 19.7 Å². The largest absolute Gasteiger partial charge is 0.504 e. The van der Waals surface area contributed by atoms with Crippen LogP contribution in [0.2, 0.25) is 0 Å². The second-order valence-corrected chi connectivity index (χ2v) is 3.58. The number of ether oxygens (including phenoxy) is 1. The Morgan fingerprint density at radius 3 is 2.50 bits per heavy atom. The molecular weight excluding hydrogens is 208 g/mol. The van der Waals surface area contributed by atoms with Crippen molar-refractivity contribution in [3.8, 4) is 11.5 Å². The van der Waals surface area contributed by atoms with Crippen molar-refractivity contribution in [1.82, 2.24) is 0 Å². The van der Waals surface area contributed by atoms with Gasteiger partial charge in [0.15, 0.2) is 11.5 Å². The SMILES string of the molecule is C=C(C)C(=O)OC(C)c1ccc(O)c(O)c1. The van der Waals surface area contributed by atoms with Gasteiger partial charge in [-0.05, 0) is 31.5 Å². The van der Waals surface area contributed by atoms with Gasteiger partial charge in [0.1, 0.15) is 6.10 Å². The Labute approximate surface area is 93.8 Å². The summed E-state index contributed by atoms with van der Waals surface area (Å²) in [4.78, 5) is 11.2. The average Bonchev–Trinajstić information content (AvgIpc) is 2.21. The van der Waals surface area contributed by atoms with Crippen LogP contribution in [0.15, 0.2) is 30.4 Å². The van der Waals surface area contributed by atoms with E-state index in [0.29, 0.717) is 11.1 Å². The van der Waals surface area contributed by atoms with Crippen molar-refractivity contribution in [2.75, 3.05) is 0 Å². The number of rotatable bonds is 3. The monoisotopic (exact) mass is 222 g/mol. The second-order valence-electron chi connectivity index (χ2n) is 3.58. The summed E-state index contributed by atoms with van der Waals surface area (Å²) < 4.78 is 5.06. The first-order chi connectivity index (χ1) is 7.41. The van der Waals surface area contributed by atoms with Crippen LogP contribution in [-0.2, 0) is 9.53 Å². The lowest BCUT2D eigenvalue weighted by Crippen LogP contribution is -2.09. The Kier molecular flexibility index (Phi) is 3.55. The summed E-state index contributed by atoms with van der Waals surface area (Å²) in [7, 11) is 0. The lowest BCUT2D eigenvalue weighted by atomic mass is 10.1. The minimum absolute atomic E-state index is 0.206. The molecule has 86 valence electrons. The molecule has 0 radical (unpaired) electrons. The summed E-state index contributed by atoms with van der Waals surface area (Å²) in [5.41, 5.74) is 0.916. The third kappa shape index (κ3) is 2.76. The molecule has 16 heavy (non-hydrogen) atoms. The van der Waals surface area contributed by atoms with Gasteiger partial charge in [0.2, 0.25) is 0 Å². The van der Waals surface area contributed by atoms with Crippen LogP contribution in [0.3, 0.4) is 0 Å². The maximum atomic E-state index is 11.2. The molecule has 0 aromatic heterocycles. The highest BCUT2D eigenvalue weighted by Gasteiger charge is 2.13. The number of carbonyl (C=O) groups is 1. The first-order valence-electron chi connectivity index (χ1n) is 4.80. The molecular formula is C12H14O4. The fourth-order valence-electron chi connectivity index (χ4n) is 1.12. The molecule has 1 atom stereocenters. The van der Waals surface area contributed by atoms with Crippen molar-refractivity contribution in [1.29, 1.82) is 0 Å². The molecule has 0 fully saturated rings. The topological polar surface area (TPSA) is 66.8 Å². The molecule has 4 nitrogen and oxygen atoms in total. The third-order valence-corrected chi connectivity index (χ3v) is 2.10. The molecule has 0 bridgehead atoms. The van der Waals surface area contributed by atoms with Gasteiger partial charge in [-0.3, -0.25) is 0 Å². The predicted molar refractivity (Wildman–Crippen MR) is 59.1 cm³/mol. The van der Waals surface area contributed by atoms with E-state index in [1.54, 1.807) is 19.9 Å². The minimum atomic E-state index is -0.504. The van der Waals surface area contributed by atoms with Crippen LogP contribution in [0.4, 0.5) is 0 Å². The Morgan fingerprint density at radius 1 is 1.38 bits per heavy atom. The van der Waals surface area contributed by atoms with Crippen LogP contribution in [0, 0.1) is 0 Å². The van der Waals surface area contributed by atoms with Gasteiger partial charge in [-0.25, -0.2) is 4.79 Å². The van der Waals surface area contributed by atoms with Crippen molar-refractivity contribution >= 4 is 5.97 Å². The van der Waals surface area contributed by atoms with Crippen LogP contribution in [0.25, 0.3) is 0 Å². The van der Waals surface area contributed by atoms with E-state index in [4.69, 9.17) is 9.84 Å². The molecule has 0 saturated heterocycles. The molecule has 1 unspecified atom stereocenters. The summed E-state index contributed by atoms with van der Waals surface area (Å²) in [6.45, 7) is 6.70. The molecule has 0 amide bonds. The molecule has 0 aliphatic heterocycles. The summed E-state index contributed by atoms with van der Waals surface area (Å²) in [5.74, 6) is -0.932. The van der Waals surface area contributed by atoms with Gasteiger partial charge >= 0.3 is 5.97 Å². The van der Waals surface area contributed by atoms with Gasteiger partial charge in [0.05, 0.1) is 0 Å². The molecule has 1 aromatic rings.